The molecule has 0 heterocycles. The van der Waals surface area contributed by atoms with E-state index in [-0.39, 0.29) is 23.2 Å². The second-order valence-electron chi connectivity index (χ2n) is 10.1. The average molecular weight is 448 g/mol. The molecular weight excluding hydrogens is 402 g/mol. The van der Waals surface area contributed by atoms with Crippen molar-refractivity contribution in [3.8, 4) is 0 Å². The van der Waals surface area contributed by atoms with Crippen molar-refractivity contribution in [2.45, 2.75) is 103 Å². The van der Waals surface area contributed by atoms with Crippen LogP contribution in [0.3, 0.4) is 0 Å². The molecule has 0 aliphatic rings. The Kier molecular flexibility index (Phi) is 11.0. The smallest absolute Gasteiger partial charge is 0.335 e. The highest BCUT2D eigenvalue weighted by molar-refractivity contribution is 6.74. The molecule has 0 fully saturated rings. The zero-order valence-electron chi connectivity index (χ0n) is 21.1. The Morgan fingerprint density at radius 3 is 2.19 bits per heavy atom. The van der Waals surface area contributed by atoms with Crippen LogP contribution in [0.5, 0.6) is 0 Å². The number of nitrogens with one attached hydrogen (secondary N) is 1. The molecule has 1 aromatic rings. The fourth-order valence-corrected chi connectivity index (χ4v) is 4.65. The van der Waals surface area contributed by atoms with Gasteiger partial charge in [-0.2, -0.15) is 0 Å². The first-order valence-corrected chi connectivity index (χ1v) is 14.6. The van der Waals surface area contributed by atoms with Crippen molar-refractivity contribution in [1.82, 2.24) is 0 Å². The maximum atomic E-state index is 12.5. The van der Waals surface area contributed by atoms with Gasteiger partial charge in [0.05, 0.1) is 24.8 Å². The monoisotopic (exact) mass is 447 g/mol. The molecule has 31 heavy (non-hydrogen) atoms. The van der Waals surface area contributed by atoms with Crippen molar-refractivity contribution in [1.29, 1.82) is 0 Å². The number of rotatable bonds is 13. The number of aryl methyl sites for hydroxylation is 1. The molecule has 0 saturated heterocycles. The molecule has 0 unspecified atom stereocenters. The molecule has 0 aromatic heterocycles. The van der Waals surface area contributed by atoms with E-state index in [0.29, 0.717) is 5.57 Å². The lowest BCUT2D eigenvalue weighted by Gasteiger charge is -2.42. The maximum absolute atomic E-state index is 12.5. The zero-order valence-corrected chi connectivity index (χ0v) is 22.1. The molecule has 1 N–H and O–H groups in total. The van der Waals surface area contributed by atoms with Crippen molar-refractivity contribution < 1.29 is 14.0 Å². The minimum Gasteiger partial charge on any atom is -0.466 e. The van der Waals surface area contributed by atoms with Gasteiger partial charge in [-0.15, -0.1) is 0 Å². The molecule has 176 valence electrons. The van der Waals surface area contributed by atoms with Crippen molar-refractivity contribution in [3.63, 3.8) is 0 Å². The van der Waals surface area contributed by atoms with Crippen molar-refractivity contribution >= 4 is 20.0 Å². The number of carbonyl (C=O) groups is 1. The van der Waals surface area contributed by atoms with Crippen LogP contribution in [-0.4, -0.2) is 33.5 Å². The number of hydrogen-bond donors (Lipinski definition) is 1. The third-order valence-electron chi connectivity index (χ3n) is 6.41. The first kappa shape index (κ1) is 27.4. The van der Waals surface area contributed by atoms with Crippen LogP contribution < -0.4 is 5.32 Å². The normalized spacial score (nSPS) is 14.1. The van der Waals surface area contributed by atoms with Gasteiger partial charge in [0, 0.05) is 5.69 Å². The maximum Gasteiger partial charge on any atom is 0.335 e. The average Bonchev–Trinajstić information content (AvgIpc) is 2.70. The van der Waals surface area contributed by atoms with Crippen molar-refractivity contribution in [2.75, 3.05) is 12.4 Å². The lowest BCUT2D eigenvalue weighted by Crippen LogP contribution is -2.50. The van der Waals surface area contributed by atoms with Gasteiger partial charge in [0.25, 0.3) is 0 Å². The zero-order chi connectivity index (χ0) is 23.7. The van der Waals surface area contributed by atoms with Crippen LogP contribution in [0.1, 0.15) is 71.8 Å². The van der Waals surface area contributed by atoms with E-state index in [0.717, 1.165) is 18.5 Å². The fraction of sp³-hybridized carbons (Fsp3) is 0.654. The second-order valence-corrected chi connectivity index (χ2v) is 14.9. The van der Waals surface area contributed by atoms with Crippen LogP contribution in [0, 0.1) is 6.92 Å². The molecule has 0 radical (unpaired) electrons. The molecule has 0 saturated carbocycles. The summed E-state index contributed by atoms with van der Waals surface area (Å²) in [6.07, 6.45) is 6.70. The molecule has 5 heteroatoms. The number of unbranched alkanes of at least 4 members (excludes halogenated alkanes) is 4. The number of methoxy groups -OCH3 is 1. The first-order chi connectivity index (χ1) is 14.4. The van der Waals surface area contributed by atoms with E-state index in [1.807, 2.05) is 12.1 Å². The summed E-state index contributed by atoms with van der Waals surface area (Å²) in [7, 11) is -0.649. The van der Waals surface area contributed by atoms with Crippen LogP contribution in [0.15, 0.2) is 36.4 Å². The minimum atomic E-state index is -2.06. The Morgan fingerprint density at radius 1 is 1.10 bits per heavy atom. The molecule has 0 bridgehead atoms. The van der Waals surface area contributed by atoms with Gasteiger partial charge in [-0.3, -0.25) is 0 Å². The molecule has 0 aliphatic carbocycles. The number of carbonyl (C=O) groups excluding carboxylic acids is 1. The number of anilines is 1. The van der Waals surface area contributed by atoms with Gasteiger partial charge in [-0.25, -0.2) is 4.79 Å². The van der Waals surface area contributed by atoms with Crippen LogP contribution in [0.2, 0.25) is 18.1 Å². The summed E-state index contributed by atoms with van der Waals surface area (Å²) in [5.74, 6) is -0.389. The highest BCUT2D eigenvalue weighted by Crippen LogP contribution is 2.39. The number of ether oxygens (including phenoxy) is 1. The molecule has 4 nitrogen and oxygen atoms in total. The highest BCUT2D eigenvalue weighted by atomic mass is 28.4. The lowest BCUT2D eigenvalue weighted by atomic mass is 9.97. The third-order valence-corrected chi connectivity index (χ3v) is 10.9. The van der Waals surface area contributed by atoms with E-state index < -0.39 is 8.32 Å². The summed E-state index contributed by atoms with van der Waals surface area (Å²) < 4.78 is 11.9. The topological polar surface area (TPSA) is 47.6 Å². The summed E-state index contributed by atoms with van der Waals surface area (Å²) in [6, 6.07) is 7.87. The summed E-state index contributed by atoms with van der Waals surface area (Å²) in [5, 5.41) is 3.62. The predicted molar refractivity (Wildman–Crippen MR) is 135 cm³/mol. The molecule has 2 atom stereocenters. The quantitative estimate of drug-likeness (QED) is 0.150. The second kappa shape index (κ2) is 12.4. The third kappa shape index (κ3) is 8.81. The Morgan fingerprint density at radius 2 is 1.68 bits per heavy atom. The van der Waals surface area contributed by atoms with E-state index >= 15 is 0 Å². The summed E-state index contributed by atoms with van der Waals surface area (Å²) in [4.78, 5) is 12.5. The van der Waals surface area contributed by atoms with Crippen LogP contribution >= 0.6 is 0 Å². The standard InChI is InChI=1S/C26H45NO3Si/c1-10-11-12-13-14-15-23(30-31(8,9)26(4,5)6)24(21(3)25(28)29-7)27-22-18-16-20(2)17-19-22/h16-19,23-24,27H,3,10-15H2,1-2,4-9H3/t23-,24-/m1/s1. The number of benzene rings is 1. The van der Waals surface area contributed by atoms with Crippen LogP contribution in [0.4, 0.5) is 5.69 Å². The number of hydrogen-bond acceptors (Lipinski definition) is 4. The van der Waals surface area contributed by atoms with Gasteiger partial charge in [0.1, 0.15) is 0 Å². The first-order valence-electron chi connectivity index (χ1n) is 11.7. The van der Waals surface area contributed by atoms with Crippen LogP contribution in [0.25, 0.3) is 0 Å². The Hall–Kier alpha value is -1.59. The summed E-state index contributed by atoms with van der Waals surface area (Å²) >= 11 is 0. The summed E-state index contributed by atoms with van der Waals surface area (Å²) in [6.45, 7) is 19.7. The van der Waals surface area contributed by atoms with Crippen molar-refractivity contribution in [3.05, 3.63) is 42.0 Å². The van der Waals surface area contributed by atoms with Gasteiger partial charge in [0.2, 0.25) is 0 Å². The predicted octanol–water partition coefficient (Wildman–Crippen LogP) is 7.26. The molecule has 0 spiro atoms. The highest BCUT2D eigenvalue weighted by Gasteiger charge is 2.41. The Bertz CT molecular complexity index is 692. The lowest BCUT2D eigenvalue weighted by molar-refractivity contribution is -0.136. The fourth-order valence-electron chi connectivity index (χ4n) is 3.29. The van der Waals surface area contributed by atoms with E-state index in [9.17, 15) is 4.79 Å². The molecule has 1 rings (SSSR count). The molecule has 0 aliphatic heterocycles. The largest absolute Gasteiger partial charge is 0.466 e. The minimum absolute atomic E-state index is 0.0778. The molecular formula is C26H45NO3Si. The van der Waals surface area contributed by atoms with E-state index in [1.54, 1.807) is 0 Å². The van der Waals surface area contributed by atoms with Gasteiger partial charge in [0.15, 0.2) is 8.32 Å². The molecule has 1 aromatic carbocycles. The van der Waals surface area contributed by atoms with Gasteiger partial charge >= 0.3 is 5.97 Å². The SMILES string of the molecule is C=C(C(=O)OC)[C@@H](Nc1ccc(C)cc1)[C@@H](CCCCCCC)O[Si](C)(C)C(C)(C)C. The van der Waals surface area contributed by atoms with Crippen molar-refractivity contribution in [2.24, 2.45) is 0 Å². The Labute approximate surface area is 191 Å². The van der Waals surface area contributed by atoms with Gasteiger partial charge in [-0.05, 0) is 43.6 Å². The molecule has 0 amide bonds. The van der Waals surface area contributed by atoms with Crippen LogP contribution in [-0.2, 0) is 14.0 Å². The van der Waals surface area contributed by atoms with E-state index in [1.165, 1.54) is 38.4 Å². The Balaban J connectivity index is 3.20. The van der Waals surface area contributed by atoms with Gasteiger partial charge < -0.3 is 14.5 Å². The number of esters is 1. The van der Waals surface area contributed by atoms with E-state index in [2.05, 4.69) is 71.7 Å². The summed E-state index contributed by atoms with van der Waals surface area (Å²) in [5.41, 5.74) is 2.56. The van der Waals surface area contributed by atoms with E-state index in [4.69, 9.17) is 9.16 Å². The van der Waals surface area contributed by atoms with Gasteiger partial charge in [-0.1, -0.05) is 84.1 Å².